The van der Waals surface area contributed by atoms with E-state index in [1.807, 2.05) is 0 Å². The van der Waals surface area contributed by atoms with Crippen molar-refractivity contribution >= 4 is 45.6 Å². The van der Waals surface area contributed by atoms with Crippen LogP contribution in [-0.2, 0) is 19.6 Å². The maximum atomic E-state index is 10.3. The Morgan fingerprint density at radius 1 is 1.55 bits per heavy atom. The molecule has 0 rings (SSSR count). The van der Waals surface area contributed by atoms with Crippen molar-refractivity contribution in [1.82, 2.24) is 0 Å². The van der Waals surface area contributed by atoms with Gasteiger partial charge >= 0.3 is 45.6 Å². The summed E-state index contributed by atoms with van der Waals surface area (Å²) in [5, 5.41) is 0. The summed E-state index contributed by atoms with van der Waals surface area (Å²) in [5.41, 5.74) is 0. The number of carbonyl (C=O) groups is 1. The zero-order valence-electron chi connectivity index (χ0n) is 5.40. The van der Waals surface area contributed by atoms with Crippen LogP contribution >= 0.6 is 0 Å². The van der Waals surface area contributed by atoms with Gasteiger partial charge in [0, 0.05) is 6.42 Å². The molecular formula is C4H9NaO5S. The van der Waals surface area contributed by atoms with Gasteiger partial charge in [-0.25, -0.2) is 0 Å². The molecule has 0 fully saturated rings. The first-order valence-corrected chi connectivity index (χ1v) is 4.17. The summed E-state index contributed by atoms with van der Waals surface area (Å²) in [6, 6.07) is 0. The predicted molar refractivity (Wildman–Crippen MR) is 39.9 cm³/mol. The van der Waals surface area contributed by atoms with Gasteiger partial charge in [0.2, 0.25) is 5.94 Å². The number of carbonyl (C=O) groups excluding carboxylic acids is 1. The monoisotopic (exact) mass is 192 g/mol. The number of ether oxygens (including phenoxy) is 1. The summed E-state index contributed by atoms with van der Waals surface area (Å²) in [6.45, 7) is 1.52. The second kappa shape index (κ2) is 5.96. The van der Waals surface area contributed by atoms with E-state index in [2.05, 4.69) is 4.74 Å². The average molecular weight is 192 g/mol. The van der Waals surface area contributed by atoms with Crippen LogP contribution in [0.5, 0.6) is 0 Å². The fraction of sp³-hybridized carbons (Fsp3) is 0.750. The first-order chi connectivity index (χ1) is 4.45. The predicted octanol–water partition coefficient (Wildman–Crippen LogP) is -0.864. The number of hydrogen-bond donors (Lipinski definition) is 1. The molecule has 5 nitrogen and oxygen atoms in total. The van der Waals surface area contributed by atoms with E-state index in [4.69, 9.17) is 4.55 Å². The van der Waals surface area contributed by atoms with Gasteiger partial charge in [-0.15, -0.1) is 0 Å². The molecule has 0 spiro atoms. The summed E-state index contributed by atoms with van der Waals surface area (Å²) < 4.78 is 32.0. The van der Waals surface area contributed by atoms with E-state index >= 15 is 0 Å². The fourth-order valence-electron chi connectivity index (χ4n) is 0.242. The Morgan fingerprint density at radius 2 is 2.00 bits per heavy atom. The molecule has 0 aromatic carbocycles. The Bertz CT molecular complexity index is 209. The normalized spacial score (nSPS) is 10.0. The van der Waals surface area contributed by atoms with Gasteiger partial charge in [-0.2, -0.15) is 8.42 Å². The standard InChI is InChI=1S/C4H8O5S.Na.H/c1-2-4(5)9-3-10(6,7)8;;/h2-3H2,1H3,(H,6,7,8);;. The summed E-state index contributed by atoms with van der Waals surface area (Å²) in [7, 11) is -4.17. The molecule has 0 saturated heterocycles. The maximum absolute atomic E-state index is 10.3. The molecule has 0 aromatic heterocycles. The van der Waals surface area contributed by atoms with Gasteiger partial charge in [0.1, 0.15) is 0 Å². The first kappa shape index (κ1) is 13.9. The van der Waals surface area contributed by atoms with E-state index in [1.165, 1.54) is 6.92 Å². The van der Waals surface area contributed by atoms with E-state index < -0.39 is 22.0 Å². The van der Waals surface area contributed by atoms with Crippen LogP contribution in [0.2, 0.25) is 0 Å². The van der Waals surface area contributed by atoms with Crippen molar-refractivity contribution in [2.75, 3.05) is 5.94 Å². The summed E-state index contributed by atoms with van der Waals surface area (Å²) in [5.74, 6) is -1.61. The molecule has 0 saturated carbocycles. The van der Waals surface area contributed by atoms with Gasteiger partial charge in [-0.3, -0.25) is 9.35 Å². The molecule has 0 aromatic rings. The first-order valence-electron chi connectivity index (χ1n) is 2.56. The van der Waals surface area contributed by atoms with Crippen LogP contribution in [0.3, 0.4) is 0 Å². The Kier molecular flexibility index (Phi) is 7.55. The molecular weight excluding hydrogens is 183 g/mol. The molecule has 0 aliphatic heterocycles. The number of hydrogen-bond acceptors (Lipinski definition) is 4. The molecule has 1 N–H and O–H groups in total. The van der Waals surface area contributed by atoms with Crippen LogP contribution in [0.4, 0.5) is 0 Å². The quantitative estimate of drug-likeness (QED) is 0.357. The molecule has 0 aliphatic rings. The van der Waals surface area contributed by atoms with Gasteiger partial charge in [0.25, 0.3) is 0 Å². The molecule has 0 atom stereocenters. The van der Waals surface area contributed by atoms with Crippen LogP contribution < -0.4 is 0 Å². The third kappa shape index (κ3) is 10.4. The van der Waals surface area contributed by atoms with Crippen LogP contribution in [0.1, 0.15) is 13.3 Å². The third-order valence-corrected chi connectivity index (χ3v) is 1.07. The Balaban J connectivity index is 0. The summed E-state index contributed by atoms with van der Waals surface area (Å²) in [4.78, 5) is 10.3. The van der Waals surface area contributed by atoms with Crippen molar-refractivity contribution < 1.29 is 22.5 Å². The molecule has 0 amide bonds. The number of esters is 1. The Morgan fingerprint density at radius 3 is 2.27 bits per heavy atom. The second-order valence-electron chi connectivity index (χ2n) is 1.57. The fourth-order valence-corrected chi connectivity index (χ4v) is 0.523. The van der Waals surface area contributed by atoms with E-state index in [0.29, 0.717) is 0 Å². The topological polar surface area (TPSA) is 80.7 Å². The number of rotatable bonds is 3. The zero-order chi connectivity index (χ0) is 8.20. The van der Waals surface area contributed by atoms with Crippen LogP contribution in [-0.4, -0.2) is 54.4 Å². The molecule has 0 heterocycles. The molecule has 7 heteroatoms. The molecule has 62 valence electrons. The van der Waals surface area contributed by atoms with Gasteiger partial charge in [0.15, 0.2) is 0 Å². The van der Waals surface area contributed by atoms with Gasteiger partial charge in [0.05, 0.1) is 0 Å². The van der Waals surface area contributed by atoms with Gasteiger partial charge < -0.3 is 4.74 Å². The van der Waals surface area contributed by atoms with E-state index in [-0.39, 0.29) is 36.0 Å². The minimum atomic E-state index is -4.17. The molecule has 0 radical (unpaired) electrons. The SMILES string of the molecule is CCC(=O)OCS(=O)(=O)O.[NaH]. The Labute approximate surface area is 87.2 Å². The minimum absolute atomic E-state index is 0. The van der Waals surface area contributed by atoms with E-state index in [9.17, 15) is 13.2 Å². The van der Waals surface area contributed by atoms with Crippen LogP contribution in [0, 0.1) is 0 Å². The molecule has 0 bridgehead atoms. The molecule has 0 aliphatic carbocycles. The average Bonchev–Trinajstić information content (AvgIpc) is 1.81. The zero-order valence-corrected chi connectivity index (χ0v) is 6.22. The van der Waals surface area contributed by atoms with Crippen LogP contribution in [0.25, 0.3) is 0 Å². The Hall–Kier alpha value is 0.380. The molecule has 0 unspecified atom stereocenters. The van der Waals surface area contributed by atoms with Gasteiger partial charge in [-0.1, -0.05) is 6.92 Å². The van der Waals surface area contributed by atoms with Crippen molar-refractivity contribution in [3.8, 4) is 0 Å². The van der Waals surface area contributed by atoms with Gasteiger partial charge in [-0.05, 0) is 0 Å². The van der Waals surface area contributed by atoms with Crippen molar-refractivity contribution in [2.24, 2.45) is 0 Å². The van der Waals surface area contributed by atoms with E-state index in [0.717, 1.165) is 0 Å². The second-order valence-corrected chi connectivity index (χ2v) is 2.97. The summed E-state index contributed by atoms with van der Waals surface area (Å²) in [6.07, 6.45) is 0.0928. The van der Waals surface area contributed by atoms with Crippen molar-refractivity contribution in [3.05, 3.63) is 0 Å². The third-order valence-electron chi connectivity index (χ3n) is 0.658. The van der Waals surface area contributed by atoms with Crippen LogP contribution in [0.15, 0.2) is 0 Å². The summed E-state index contributed by atoms with van der Waals surface area (Å²) >= 11 is 0. The van der Waals surface area contributed by atoms with Crippen molar-refractivity contribution in [2.45, 2.75) is 13.3 Å². The molecule has 11 heavy (non-hydrogen) atoms. The van der Waals surface area contributed by atoms with Crippen molar-refractivity contribution in [3.63, 3.8) is 0 Å². The van der Waals surface area contributed by atoms with Crippen molar-refractivity contribution in [1.29, 1.82) is 0 Å². The van der Waals surface area contributed by atoms with E-state index in [1.54, 1.807) is 0 Å².